The molecule has 0 radical (unpaired) electrons. The Morgan fingerprint density at radius 2 is 1.65 bits per heavy atom. The lowest BCUT2D eigenvalue weighted by molar-refractivity contribution is -0.130. The second-order valence-corrected chi connectivity index (χ2v) is 15.1. The minimum Gasteiger partial charge on any atom is -0.506 e. The van der Waals surface area contributed by atoms with Gasteiger partial charge in [-0.2, -0.15) is 0 Å². The number of aromatic amines is 1. The topological polar surface area (TPSA) is 176 Å². The highest BCUT2D eigenvalue weighted by Crippen LogP contribution is 2.30. The van der Waals surface area contributed by atoms with Crippen molar-refractivity contribution in [2.75, 3.05) is 50.4 Å². The van der Waals surface area contributed by atoms with Gasteiger partial charge in [0.2, 0.25) is 17.4 Å². The summed E-state index contributed by atoms with van der Waals surface area (Å²) < 4.78 is 5.76. The predicted molar refractivity (Wildman–Crippen MR) is 237 cm³/mol. The number of unbranched alkanes of at least 4 members (excludes halogenated alkanes) is 1. The van der Waals surface area contributed by atoms with Gasteiger partial charge in [0.15, 0.2) is 0 Å². The zero-order valence-electron chi connectivity index (χ0n) is 33.7. The number of hydrogen-bond donors (Lipinski definition) is 6. The average molecular weight is 819 g/mol. The van der Waals surface area contributed by atoms with E-state index in [2.05, 4.69) is 25.8 Å². The molecule has 318 valence electrons. The Labute approximate surface area is 351 Å². The second-order valence-electron chi connectivity index (χ2n) is 15.1. The number of nitrogens with zero attached hydrogens (tertiary/aromatic N) is 2. The first-order valence-electron chi connectivity index (χ1n) is 20.3. The van der Waals surface area contributed by atoms with Gasteiger partial charge in [-0.15, -0.1) is 0 Å². The number of amides is 3. The summed E-state index contributed by atoms with van der Waals surface area (Å²) in [6, 6.07) is 29.4. The molecule has 0 bridgehead atoms. The number of aryl methyl sites for hydroxylation is 1. The molecule has 1 saturated heterocycles. The summed E-state index contributed by atoms with van der Waals surface area (Å²) >= 11 is 0. The summed E-state index contributed by atoms with van der Waals surface area (Å²) in [5.41, 5.74) is 5.84. The molecule has 0 unspecified atom stereocenters. The molecule has 5 aromatic rings. The Hall–Kier alpha value is -6.02. The molecule has 0 spiro atoms. The quantitative estimate of drug-likeness (QED) is 0.0525. The number of likely N-dealkylation sites (tertiary alicyclic amines) is 1. The number of H-pyrrole nitrogens is 1. The van der Waals surface area contributed by atoms with Gasteiger partial charge in [0, 0.05) is 81.9 Å². The van der Waals surface area contributed by atoms with E-state index in [-0.39, 0.29) is 43.2 Å². The van der Waals surface area contributed by atoms with Crippen LogP contribution in [-0.2, 0) is 20.9 Å². The van der Waals surface area contributed by atoms with Crippen LogP contribution < -0.4 is 21.5 Å². The van der Waals surface area contributed by atoms with E-state index in [4.69, 9.17) is 4.74 Å². The molecule has 60 heavy (non-hydrogen) atoms. The summed E-state index contributed by atoms with van der Waals surface area (Å²) in [5.74, 6) is -0.0744. The molecule has 2 heterocycles. The highest BCUT2D eigenvalue weighted by atomic mass is 16.6. The number of aromatic hydroxyl groups is 1. The van der Waals surface area contributed by atoms with E-state index in [9.17, 15) is 29.4 Å². The van der Waals surface area contributed by atoms with Gasteiger partial charge in [-0.3, -0.25) is 19.7 Å². The van der Waals surface area contributed by atoms with E-state index in [1.165, 1.54) is 12.1 Å². The Morgan fingerprint density at radius 1 is 0.900 bits per heavy atom. The average Bonchev–Trinajstić information content (AvgIpc) is 3.23. The standard InChI is InChI=1S/C46H54N6O7.CH4/c1-31-28-32(29-47-30-41(54)36-16-19-40(53)45-37(36)17-20-43(56)50-45)15-18-38(31)48-42(55)14-8-9-24-51(2)44(57)23-27-52-25-21-34(22-26-52)59-46(58)49-39-13-7-6-12-35(39)33-10-4-3-5-11-33;/h3-7,10-13,15-20,28,34,41,47,53-54H,8-9,14,21-27,29-30H2,1-2H3,(H,48,55)(H,49,58)(H,50,56);1H4/t41-;/m0./s1. The third kappa shape index (κ3) is 12.5. The molecular formula is C47H58N6O7. The van der Waals surface area contributed by atoms with Gasteiger partial charge < -0.3 is 40.4 Å². The number of phenolic OH excluding ortho intramolecular Hbond substituents is 1. The number of carbonyl (C=O) groups is 3. The molecule has 13 heteroatoms. The van der Waals surface area contributed by atoms with Gasteiger partial charge in [0.1, 0.15) is 11.9 Å². The van der Waals surface area contributed by atoms with Crippen molar-refractivity contribution in [3.8, 4) is 16.9 Å². The minimum atomic E-state index is -0.865. The number of aliphatic hydroxyl groups is 1. The number of nitrogens with one attached hydrogen (secondary N) is 4. The van der Waals surface area contributed by atoms with E-state index in [1.807, 2.05) is 79.7 Å². The van der Waals surface area contributed by atoms with E-state index >= 15 is 0 Å². The number of phenols is 1. The molecule has 0 saturated carbocycles. The summed E-state index contributed by atoms with van der Waals surface area (Å²) in [6.07, 6.45) is 2.02. The first kappa shape index (κ1) is 45.1. The summed E-state index contributed by atoms with van der Waals surface area (Å²) in [7, 11) is 1.80. The summed E-state index contributed by atoms with van der Waals surface area (Å²) in [4.78, 5) is 56.7. The smallest absolute Gasteiger partial charge is 0.411 e. The van der Waals surface area contributed by atoms with Crippen LogP contribution in [0.5, 0.6) is 5.75 Å². The van der Waals surface area contributed by atoms with Crippen LogP contribution in [-0.4, -0.2) is 88.8 Å². The molecule has 1 fully saturated rings. The first-order chi connectivity index (χ1) is 28.5. The normalized spacial score (nSPS) is 13.6. The number of benzene rings is 4. The number of piperidine rings is 1. The lowest BCUT2D eigenvalue weighted by atomic mass is 10.0. The highest BCUT2D eigenvalue weighted by molar-refractivity contribution is 5.92. The maximum absolute atomic E-state index is 12.9. The number of fused-ring (bicyclic) bond motifs is 1. The third-order valence-corrected chi connectivity index (χ3v) is 10.8. The number of ether oxygens (including phenoxy) is 1. The molecule has 1 aliphatic heterocycles. The SMILES string of the molecule is C.Cc1cc(CNC[C@H](O)c2ccc(O)c3[nH]c(=O)ccc23)ccc1NC(=O)CCCCN(C)C(=O)CCN1CCC(OC(=O)Nc2ccccc2-c2ccccc2)CC1. The summed E-state index contributed by atoms with van der Waals surface area (Å²) in [6.45, 7) is 5.39. The molecule has 1 aromatic heterocycles. The van der Waals surface area contributed by atoms with Crippen molar-refractivity contribution in [3.63, 3.8) is 0 Å². The number of hydrogen-bond acceptors (Lipinski definition) is 9. The molecule has 6 rings (SSSR count). The molecule has 3 amide bonds. The van der Waals surface area contributed by atoms with Crippen LogP contribution in [0.3, 0.4) is 0 Å². The number of para-hydroxylation sites is 1. The van der Waals surface area contributed by atoms with Gasteiger partial charge in [-0.05, 0) is 79.1 Å². The van der Waals surface area contributed by atoms with E-state index in [0.717, 1.165) is 41.0 Å². The van der Waals surface area contributed by atoms with Crippen LogP contribution in [0.15, 0.2) is 102 Å². The maximum atomic E-state index is 12.9. The number of rotatable bonds is 17. The second kappa shape index (κ2) is 21.8. The van der Waals surface area contributed by atoms with Crippen molar-refractivity contribution >= 4 is 40.2 Å². The predicted octanol–water partition coefficient (Wildman–Crippen LogP) is 7.34. The number of carbonyl (C=O) groups excluding carboxylic acids is 3. The van der Waals surface area contributed by atoms with Crippen LogP contribution in [0, 0.1) is 6.92 Å². The summed E-state index contributed by atoms with van der Waals surface area (Å²) in [5, 5.41) is 30.7. The largest absolute Gasteiger partial charge is 0.506 e. The lowest BCUT2D eigenvalue weighted by Crippen LogP contribution is -2.40. The Kier molecular flexibility index (Phi) is 16.4. The van der Waals surface area contributed by atoms with Crippen LogP contribution in [0.4, 0.5) is 16.2 Å². The van der Waals surface area contributed by atoms with Gasteiger partial charge in [0.25, 0.3) is 0 Å². The van der Waals surface area contributed by atoms with Crippen molar-refractivity contribution in [2.45, 2.75) is 71.6 Å². The van der Waals surface area contributed by atoms with Crippen LogP contribution >= 0.6 is 0 Å². The van der Waals surface area contributed by atoms with Crippen molar-refractivity contribution in [3.05, 3.63) is 124 Å². The number of aromatic nitrogens is 1. The maximum Gasteiger partial charge on any atom is 0.411 e. The van der Waals surface area contributed by atoms with Gasteiger partial charge in [-0.1, -0.05) is 74.2 Å². The van der Waals surface area contributed by atoms with Gasteiger partial charge in [-0.25, -0.2) is 4.79 Å². The lowest BCUT2D eigenvalue weighted by Gasteiger charge is -2.31. The Morgan fingerprint density at radius 3 is 2.42 bits per heavy atom. The Balaban J connectivity index is 0.00000683. The fraction of sp³-hybridized carbons (Fsp3) is 0.362. The van der Waals surface area contributed by atoms with Crippen LogP contribution in [0.25, 0.3) is 22.0 Å². The monoisotopic (exact) mass is 818 g/mol. The van der Waals surface area contributed by atoms with Gasteiger partial charge in [0.05, 0.1) is 17.3 Å². The molecule has 6 N–H and O–H groups in total. The van der Waals surface area contributed by atoms with Gasteiger partial charge >= 0.3 is 6.09 Å². The zero-order valence-corrected chi connectivity index (χ0v) is 33.7. The first-order valence-corrected chi connectivity index (χ1v) is 20.3. The third-order valence-electron chi connectivity index (χ3n) is 10.8. The molecule has 1 atom stereocenters. The molecular weight excluding hydrogens is 761 g/mol. The van der Waals surface area contributed by atoms with E-state index in [1.54, 1.807) is 24.1 Å². The van der Waals surface area contributed by atoms with Crippen molar-refractivity contribution < 1.29 is 29.3 Å². The number of pyridine rings is 1. The fourth-order valence-corrected chi connectivity index (χ4v) is 7.41. The minimum absolute atomic E-state index is 0. The van der Waals surface area contributed by atoms with Crippen molar-refractivity contribution in [2.24, 2.45) is 0 Å². The van der Waals surface area contributed by atoms with Crippen LogP contribution in [0.2, 0.25) is 0 Å². The molecule has 13 nitrogen and oxygen atoms in total. The van der Waals surface area contributed by atoms with E-state index < -0.39 is 12.2 Å². The Bertz CT molecular complexity index is 2270. The number of aliphatic hydroxyl groups excluding tert-OH is 1. The van der Waals surface area contributed by atoms with Crippen LogP contribution in [0.1, 0.15) is 68.7 Å². The highest BCUT2D eigenvalue weighted by Gasteiger charge is 2.24. The molecule has 1 aliphatic rings. The molecule has 4 aromatic carbocycles. The van der Waals surface area contributed by atoms with Crippen molar-refractivity contribution in [1.82, 2.24) is 20.1 Å². The van der Waals surface area contributed by atoms with Crippen molar-refractivity contribution in [1.29, 1.82) is 0 Å². The number of anilines is 2. The van der Waals surface area contributed by atoms with E-state index in [0.29, 0.717) is 80.3 Å². The molecule has 0 aliphatic carbocycles. The zero-order chi connectivity index (χ0) is 41.7. The fourth-order valence-electron chi connectivity index (χ4n) is 7.41.